The standard InChI is InChI=1S/C21H21N3O2S2/c25-19(11-18-14-28-21(23-18)16-8-10-27-13-16)24-9-4-5-15(12-24)20(26)22-17-6-2-1-3-7-17/h1-3,6-8,10,13-15H,4-5,9,11-12H2,(H,22,26)/t15-/m0/s1. The molecule has 0 unspecified atom stereocenters. The second kappa shape index (κ2) is 8.67. The molecule has 0 radical (unpaired) electrons. The summed E-state index contributed by atoms with van der Waals surface area (Å²) >= 11 is 3.20. The van der Waals surface area contributed by atoms with Crippen LogP contribution >= 0.6 is 22.7 Å². The van der Waals surface area contributed by atoms with E-state index in [0.29, 0.717) is 13.1 Å². The highest BCUT2D eigenvalue weighted by molar-refractivity contribution is 7.14. The van der Waals surface area contributed by atoms with Gasteiger partial charge in [0, 0.05) is 35.1 Å². The van der Waals surface area contributed by atoms with Gasteiger partial charge in [-0.2, -0.15) is 11.3 Å². The van der Waals surface area contributed by atoms with Gasteiger partial charge in [0.25, 0.3) is 0 Å². The number of amides is 2. The molecule has 5 nitrogen and oxygen atoms in total. The SMILES string of the molecule is O=C(Nc1ccccc1)[C@H]1CCCN(C(=O)Cc2csc(-c3ccsc3)n2)C1. The number of nitrogens with zero attached hydrogens (tertiary/aromatic N) is 2. The molecule has 1 atom stereocenters. The third-order valence-electron chi connectivity index (χ3n) is 4.84. The van der Waals surface area contributed by atoms with E-state index in [0.717, 1.165) is 34.8 Å². The summed E-state index contributed by atoms with van der Waals surface area (Å²) in [6.07, 6.45) is 1.94. The zero-order chi connectivity index (χ0) is 19.3. The van der Waals surface area contributed by atoms with Crippen LogP contribution in [0.5, 0.6) is 0 Å². The Labute approximate surface area is 172 Å². The van der Waals surface area contributed by atoms with Gasteiger partial charge in [-0.05, 0) is 36.4 Å². The Hall–Kier alpha value is -2.51. The summed E-state index contributed by atoms with van der Waals surface area (Å²) in [5, 5.41) is 9.94. The van der Waals surface area contributed by atoms with Crippen LogP contribution in [0.25, 0.3) is 10.6 Å². The number of para-hydroxylation sites is 1. The molecule has 4 rings (SSSR count). The number of thiophene rings is 1. The number of nitrogens with one attached hydrogen (secondary N) is 1. The smallest absolute Gasteiger partial charge is 0.229 e. The molecule has 144 valence electrons. The topological polar surface area (TPSA) is 62.3 Å². The van der Waals surface area contributed by atoms with Crippen LogP contribution in [0.4, 0.5) is 5.69 Å². The number of carbonyl (C=O) groups excluding carboxylic acids is 2. The van der Waals surface area contributed by atoms with Crippen LogP contribution in [-0.4, -0.2) is 34.8 Å². The molecule has 0 aliphatic carbocycles. The molecule has 1 aromatic carbocycles. The van der Waals surface area contributed by atoms with Crippen molar-refractivity contribution in [2.75, 3.05) is 18.4 Å². The Morgan fingerprint density at radius 3 is 2.82 bits per heavy atom. The molecule has 3 heterocycles. The predicted molar refractivity (Wildman–Crippen MR) is 114 cm³/mol. The fourth-order valence-electron chi connectivity index (χ4n) is 3.36. The van der Waals surface area contributed by atoms with E-state index in [2.05, 4.69) is 15.7 Å². The van der Waals surface area contributed by atoms with Crippen molar-refractivity contribution in [2.24, 2.45) is 5.92 Å². The van der Waals surface area contributed by atoms with E-state index in [1.807, 2.05) is 52.1 Å². The monoisotopic (exact) mass is 411 g/mol. The lowest BCUT2D eigenvalue weighted by Crippen LogP contribution is -2.44. The number of hydrogen-bond acceptors (Lipinski definition) is 5. The van der Waals surface area contributed by atoms with Crippen molar-refractivity contribution in [3.63, 3.8) is 0 Å². The number of anilines is 1. The molecule has 7 heteroatoms. The van der Waals surface area contributed by atoms with Gasteiger partial charge in [-0.3, -0.25) is 9.59 Å². The molecular weight excluding hydrogens is 390 g/mol. The number of piperidine rings is 1. The molecule has 0 bridgehead atoms. The molecule has 0 spiro atoms. The minimum Gasteiger partial charge on any atom is -0.342 e. The summed E-state index contributed by atoms with van der Waals surface area (Å²) in [6, 6.07) is 11.5. The normalized spacial score (nSPS) is 16.7. The molecule has 2 amide bonds. The summed E-state index contributed by atoms with van der Waals surface area (Å²) in [5.74, 6) is -0.147. The highest BCUT2D eigenvalue weighted by Gasteiger charge is 2.28. The molecule has 2 aromatic heterocycles. The summed E-state index contributed by atoms with van der Waals surface area (Å²) in [4.78, 5) is 31.7. The van der Waals surface area contributed by atoms with Crippen molar-refractivity contribution < 1.29 is 9.59 Å². The quantitative estimate of drug-likeness (QED) is 0.681. The summed E-state index contributed by atoms with van der Waals surface area (Å²) < 4.78 is 0. The van der Waals surface area contributed by atoms with Crippen LogP contribution in [0, 0.1) is 5.92 Å². The van der Waals surface area contributed by atoms with Crippen LogP contribution in [0.15, 0.2) is 52.5 Å². The molecule has 1 N–H and O–H groups in total. The van der Waals surface area contributed by atoms with E-state index in [4.69, 9.17) is 0 Å². The van der Waals surface area contributed by atoms with Crippen molar-refractivity contribution in [3.05, 3.63) is 58.2 Å². The Morgan fingerprint density at radius 1 is 1.18 bits per heavy atom. The molecule has 3 aromatic rings. The van der Waals surface area contributed by atoms with Gasteiger partial charge >= 0.3 is 0 Å². The molecule has 1 saturated heterocycles. The van der Waals surface area contributed by atoms with Crippen molar-refractivity contribution in [3.8, 4) is 10.6 Å². The lowest BCUT2D eigenvalue weighted by molar-refractivity contribution is -0.134. The zero-order valence-electron chi connectivity index (χ0n) is 15.3. The number of likely N-dealkylation sites (tertiary alicyclic amines) is 1. The first-order chi connectivity index (χ1) is 13.7. The van der Waals surface area contributed by atoms with Crippen molar-refractivity contribution in [1.82, 2.24) is 9.88 Å². The maximum absolute atomic E-state index is 12.8. The van der Waals surface area contributed by atoms with E-state index >= 15 is 0 Å². The predicted octanol–water partition coefficient (Wildman–Crippen LogP) is 4.29. The van der Waals surface area contributed by atoms with Crippen molar-refractivity contribution >= 4 is 40.2 Å². The van der Waals surface area contributed by atoms with Gasteiger partial charge in [0.1, 0.15) is 5.01 Å². The van der Waals surface area contributed by atoms with Crippen LogP contribution in [-0.2, 0) is 16.0 Å². The first kappa shape index (κ1) is 18.8. The number of benzene rings is 1. The lowest BCUT2D eigenvalue weighted by atomic mass is 9.96. The van der Waals surface area contributed by atoms with Gasteiger partial charge in [-0.15, -0.1) is 11.3 Å². The van der Waals surface area contributed by atoms with E-state index in [1.54, 1.807) is 22.7 Å². The number of carbonyl (C=O) groups is 2. The fourth-order valence-corrected chi connectivity index (χ4v) is 4.89. The van der Waals surface area contributed by atoms with Crippen LogP contribution in [0.2, 0.25) is 0 Å². The largest absolute Gasteiger partial charge is 0.342 e. The zero-order valence-corrected chi connectivity index (χ0v) is 17.0. The van der Waals surface area contributed by atoms with Gasteiger partial charge in [-0.1, -0.05) is 18.2 Å². The molecule has 1 fully saturated rings. The second-order valence-corrected chi connectivity index (χ2v) is 8.51. The number of thiazole rings is 1. The number of rotatable bonds is 5. The maximum Gasteiger partial charge on any atom is 0.229 e. The average molecular weight is 412 g/mol. The fraction of sp³-hybridized carbons (Fsp3) is 0.286. The minimum atomic E-state index is -0.172. The maximum atomic E-state index is 12.8. The number of hydrogen-bond donors (Lipinski definition) is 1. The molecular formula is C21H21N3O2S2. The Morgan fingerprint density at radius 2 is 2.04 bits per heavy atom. The van der Waals surface area contributed by atoms with Gasteiger partial charge in [0.2, 0.25) is 11.8 Å². The molecule has 28 heavy (non-hydrogen) atoms. The third-order valence-corrected chi connectivity index (χ3v) is 6.46. The number of aromatic nitrogens is 1. The van der Waals surface area contributed by atoms with Gasteiger partial charge < -0.3 is 10.2 Å². The van der Waals surface area contributed by atoms with Crippen molar-refractivity contribution in [1.29, 1.82) is 0 Å². The minimum absolute atomic E-state index is 0.0166. The lowest BCUT2D eigenvalue weighted by Gasteiger charge is -2.32. The summed E-state index contributed by atoms with van der Waals surface area (Å²) in [7, 11) is 0. The van der Waals surface area contributed by atoms with Gasteiger partial charge in [0.15, 0.2) is 0 Å². The van der Waals surface area contributed by atoms with E-state index in [9.17, 15) is 9.59 Å². The van der Waals surface area contributed by atoms with E-state index in [1.165, 1.54) is 0 Å². The molecule has 0 saturated carbocycles. The first-order valence-electron chi connectivity index (χ1n) is 9.30. The van der Waals surface area contributed by atoms with Gasteiger partial charge in [0.05, 0.1) is 18.0 Å². The average Bonchev–Trinajstić information content (AvgIpc) is 3.40. The second-order valence-electron chi connectivity index (χ2n) is 6.87. The molecule has 1 aliphatic rings. The highest BCUT2D eigenvalue weighted by atomic mass is 32.1. The third kappa shape index (κ3) is 4.48. The summed E-state index contributed by atoms with van der Waals surface area (Å²) in [6.45, 7) is 1.18. The van der Waals surface area contributed by atoms with Crippen LogP contribution < -0.4 is 5.32 Å². The van der Waals surface area contributed by atoms with Gasteiger partial charge in [-0.25, -0.2) is 4.98 Å². The Balaban J connectivity index is 1.35. The Kier molecular flexibility index (Phi) is 5.83. The van der Waals surface area contributed by atoms with Crippen molar-refractivity contribution in [2.45, 2.75) is 19.3 Å². The van der Waals surface area contributed by atoms with E-state index in [-0.39, 0.29) is 24.2 Å². The Bertz CT molecular complexity index is 938. The first-order valence-corrected chi connectivity index (χ1v) is 11.1. The van der Waals surface area contributed by atoms with E-state index < -0.39 is 0 Å². The van der Waals surface area contributed by atoms with Crippen LogP contribution in [0.1, 0.15) is 18.5 Å². The van der Waals surface area contributed by atoms with Crippen LogP contribution in [0.3, 0.4) is 0 Å². The molecule has 1 aliphatic heterocycles. The highest BCUT2D eigenvalue weighted by Crippen LogP contribution is 2.26. The summed E-state index contributed by atoms with van der Waals surface area (Å²) in [5.41, 5.74) is 2.69.